The van der Waals surface area contributed by atoms with Crippen molar-refractivity contribution in [2.45, 2.75) is 37.8 Å². The molecule has 0 unspecified atom stereocenters. The number of nitrogens with one attached hydrogen (secondary N) is 1. The smallest absolute Gasteiger partial charge is 0.0885 e. The van der Waals surface area contributed by atoms with Crippen LogP contribution in [0, 0.1) is 0 Å². The highest BCUT2D eigenvalue weighted by Gasteiger charge is 2.21. The standard InChI is InChI=1S/C10H16N2S/c11-8-4-1-2-5-9(8)12-10-6-3-7-13-10/h3,6-9,12H,1-2,4-5,11H2/t8-,9+/m0/s1. The van der Waals surface area contributed by atoms with Crippen molar-refractivity contribution >= 4 is 16.3 Å². The van der Waals surface area contributed by atoms with Crippen LogP contribution in [-0.2, 0) is 0 Å². The molecule has 2 rings (SSSR count). The summed E-state index contributed by atoms with van der Waals surface area (Å²) in [5, 5.41) is 6.85. The lowest BCUT2D eigenvalue weighted by molar-refractivity contribution is 0.404. The largest absolute Gasteiger partial charge is 0.373 e. The third kappa shape index (κ3) is 2.23. The molecule has 0 radical (unpaired) electrons. The summed E-state index contributed by atoms with van der Waals surface area (Å²) in [7, 11) is 0. The van der Waals surface area contributed by atoms with Crippen molar-refractivity contribution < 1.29 is 0 Å². The third-order valence-electron chi connectivity index (χ3n) is 2.67. The molecule has 13 heavy (non-hydrogen) atoms. The van der Waals surface area contributed by atoms with Crippen molar-refractivity contribution in [2.75, 3.05) is 5.32 Å². The van der Waals surface area contributed by atoms with Gasteiger partial charge in [-0.1, -0.05) is 12.8 Å². The van der Waals surface area contributed by atoms with Gasteiger partial charge in [0.15, 0.2) is 0 Å². The van der Waals surface area contributed by atoms with Gasteiger partial charge in [0.25, 0.3) is 0 Å². The fourth-order valence-corrected chi connectivity index (χ4v) is 2.56. The van der Waals surface area contributed by atoms with Gasteiger partial charge in [0.05, 0.1) is 5.00 Å². The highest BCUT2D eigenvalue weighted by atomic mass is 32.1. The maximum atomic E-state index is 6.04. The second-order valence-corrected chi connectivity index (χ2v) is 4.62. The molecular weight excluding hydrogens is 180 g/mol. The van der Waals surface area contributed by atoms with Crippen LogP contribution in [0.3, 0.4) is 0 Å². The van der Waals surface area contributed by atoms with Crippen LogP contribution < -0.4 is 11.1 Å². The Morgan fingerprint density at radius 3 is 2.92 bits per heavy atom. The zero-order valence-electron chi connectivity index (χ0n) is 7.70. The van der Waals surface area contributed by atoms with Crippen molar-refractivity contribution in [3.05, 3.63) is 17.5 Å². The van der Waals surface area contributed by atoms with Gasteiger partial charge < -0.3 is 11.1 Å². The first-order chi connectivity index (χ1) is 6.36. The monoisotopic (exact) mass is 196 g/mol. The van der Waals surface area contributed by atoms with Crippen LogP contribution in [0.4, 0.5) is 5.00 Å². The van der Waals surface area contributed by atoms with Gasteiger partial charge >= 0.3 is 0 Å². The van der Waals surface area contributed by atoms with Crippen molar-refractivity contribution in [1.82, 2.24) is 0 Å². The summed E-state index contributed by atoms with van der Waals surface area (Å²) in [5.41, 5.74) is 6.04. The number of anilines is 1. The Labute approximate surface area is 83.1 Å². The molecule has 2 nitrogen and oxygen atoms in total. The number of rotatable bonds is 2. The second kappa shape index (κ2) is 4.11. The molecule has 1 aliphatic carbocycles. The minimum Gasteiger partial charge on any atom is -0.373 e. The zero-order chi connectivity index (χ0) is 9.10. The van der Waals surface area contributed by atoms with E-state index < -0.39 is 0 Å². The van der Waals surface area contributed by atoms with E-state index in [-0.39, 0.29) is 0 Å². The fourth-order valence-electron chi connectivity index (χ4n) is 1.88. The Morgan fingerprint density at radius 2 is 2.23 bits per heavy atom. The number of hydrogen-bond donors (Lipinski definition) is 2. The number of nitrogens with two attached hydrogens (primary N) is 1. The van der Waals surface area contributed by atoms with E-state index in [2.05, 4.69) is 22.8 Å². The van der Waals surface area contributed by atoms with Crippen molar-refractivity contribution in [2.24, 2.45) is 5.73 Å². The van der Waals surface area contributed by atoms with Crippen LogP contribution in [0.1, 0.15) is 25.7 Å². The molecule has 1 saturated carbocycles. The van der Waals surface area contributed by atoms with Crippen molar-refractivity contribution in [3.8, 4) is 0 Å². The Balaban J connectivity index is 1.93. The minimum atomic E-state index is 0.343. The molecule has 0 bridgehead atoms. The van der Waals surface area contributed by atoms with Crippen LogP contribution in [0.5, 0.6) is 0 Å². The first-order valence-electron chi connectivity index (χ1n) is 4.92. The number of thiophene rings is 1. The molecule has 0 amide bonds. The average Bonchev–Trinajstić information content (AvgIpc) is 2.61. The molecule has 1 aromatic rings. The van der Waals surface area contributed by atoms with E-state index in [0.717, 1.165) is 0 Å². The summed E-state index contributed by atoms with van der Waals surface area (Å²) in [6.45, 7) is 0. The summed E-state index contributed by atoms with van der Waals surface area (Å²) in [6.07, 6.45) is 5.00. The quantitative estimate of drug-likeness (QED) is 0.762. The summed E-state index contributed by atoms with van der Waals surface area (Å²) >= 11 is 1.75. The van der Waals surface area contributed by atoms with Gasteiger partial charge in [0.1, 0.15) is 0 Å². The Hall–Kier alpha value is -0.540. The molecule has 1 heterocycles. The van der Waals surface area contributed by atoms with Gasteiger partial charge in [-0.05, 0) is 30.4 Å². The lowest BCUT2D eigenvalue weighted by atomic mass is 9.91. The molecule has 72 valence electrons. The molecule has 0 spiro atoms. The minimum absolute atomic E-state index is 0.343. The van der Waals surface area contributed by atoms with Gasteiger partial charge in [0.2, 0.25) is 0 Å². The van der Waals surface area contributed by atoms with Crippen molar-refractivity contribution in [3.63, 3.8) is 0 Å². The van der Waals surface area contributed by atoms with Gasteiger partial charge in [-0.25, -0.2) is 0 Å². The molecule has 2 atom stereocenters. The Kier molecular flexibility index (Phi) is 2.86. The highest BCUT2D eigenvalue weighted by molar-refractivity contribution is 7.14. The van der Waals surface area contributed by atoms with Crippen LogP contribution in [-0.4, -0.2) is 12.1 Å². The molecule has 0 saturated heterocycles. The lowest BCUT2D eigenvalue weighted by Crippen LogP contribution is -2.42. The predicted octanol–water partition coefficient (Wildman–Crippen LogP) is 2.43. The number of hydrogen-bond acceptors (Lipinski definition) is 3. The predicted molar refractivity (Wildman–Crippen MR) is 58.2 cm³/mol. The molecular formula is C10H16N2S. The van der Waals surface area contributed by atoms with Gasteiger partial charge in [-0.15, -0.1) is 11.3 Å². The van der Waals surface area contributed by atoms with E-state index in [4.69, 9.17) is 5.73 Å². The van der Waals surface area contributed by atoms with Crippen molar-refractivity contribution in [1.29, 1.82) is 0 Å². The summed E-state index contributed by atoms with van der Waals surface area (Å²) in [4.78, 5) is 0. The van der Waals surface area contributed by atoms with E-state index in [1.165, 1.54) is 30.7 Å². The van der Waals surface area contributed by atoms with E-state index >= 15 is 0 Å². The summed E-state index contributed by atoms with van der Waals surface area (Å²) in [6, 6.07) is 5.02. The molecule has 3 heteroatoms. The lowest BCUT2D eigenvalue weighted by Gasteiger charge is -2.29. The third-order valence-corrected chi connectivity index (χ3v) is 3.47. The van der Waals surface area contributed by atoms with Crippen LogP contribution in [0.15, 0.2) is 17.5 Å². The van der Waals surface area contributed by atoms with Gasteiger partial charge in [-0.2, -0.15) is 0 Å². The molecule has 0 aromatic carbocycles. The zero-order valence-corrected chi connectivity index (χ0v) is 8.52. The fraction of sp³-hybridized carbons (Fsp3) is 0.600. The Bertz CT molecular complexity index is 245. The van der Waals surface area contributed by atoms with Gasteiger partial charge in [0, 0.05) is 12.1 Å². The van der Waals surface area contributed by atoms with Gasteiger partial charge in [-0.3, -0.25) is 0 Å². The van der Waals surface area contributed by atoms with E-state index in [0.29, 0.717) is 12.1 Å². The Morgan fingerprint density at radius 1 is 1.38 bits per heavy atom. The van der Waals surface area contributed by atoms with E-state index in [1.807, 2.05) is 0 Å². The summed E-state index contributed by atoms with van der Waals surface area (Å²) < 4.78 is 0. The molecule has 1 fully saturated rings. The average molecular weight is 196 g/mol. The molecule has 1 aliphatic rings. The first kappa shape index (κ1) is 9.03. The highest BCUT2D eigenvalue weighted by Crippen LogP contribution is 2.23. The maximum Gasteiger partial charge on any atom is 0.0885 e. The summed E-state index contributed by atoms with van der Waals surface area (Å²) in [5.74, 6) is 0. The van der Waals surface area contributed by atoms with Crippen LogP contribution in [0.2, 0.25) is 0 Å². The molecule has 0 aliphatic heterocycles. The molecule has 1 aromatic heterocycles. The van der Waals surface area contributed by atoms with E-state index in [1.54, 1.807) is 11.3 Å². The second-order valence-electron chi connectivity index (χ2n) is 3.68. The first-order valence-corrected chi connectivity index (χ1v) is 5.80. The maximum absolute atomic E-state index is 6.04. The van der Waals surface area contributed by atoms with Crippen LogP contribution >= 0.6 is 11.3 Å². The topological polar surface area (TPSA) is 38.0 Å². The van der Waals surface area contributed by atoms with E-state index in [9.17, 15) is 0 Å². The molecule has 3 N–H and O–H groups in total. The SMILES string of the molecule is N[C@H]1CCCC[C@H]1Nc1cccs1. The normalized spacial score (nSPS) is 28.7. The van der Waals surface area contributed by atoms with Crippen LogP contribution in [0.25, 0.3) is 0 Å².